The normalized spacial score (nSPS) is 41.6. The third-order valence-electron chi connectivity index (χ3n) is 4.71. The van der Waals surface area contributed by atoms with Crippen molar-refractivity contribution in [2.45, 2.75) is 19.1 Å². The van der Waals surface area contributed by atoms with Crippen LogP contribution in [0.4, 0.5) is 0 Å². The monoisotopic (exact) mass is 234 g/mol. The van der Waals surface area contributed by atoms with Gasteiger partial charge in [-0.2, -0.15) is 0 Å². The van der Waals surface area contributed by atoms with Crippen LogP contribution in [0.5, 0.6) is 0 Å². The molecule has 0 aromatic carbocycles. The molecule has 0 heterocycles. The van der Waals surface area contributed by atoms with Crippen molar-refractivity contribution in [3.8, 4) is 0 Å². The fraction of sp³-hybridized carbons (Fsp3) is 0.643. The van der Waals surface area contributed by atoms with Crippen molar-refractivity contribution in [3.63, 3.8) is 0 Å². The van der Waals surface area contributed by atoms with Crippen LogP contribution in [0.15, 0.2) is 23.8 Å². The van der Waals surface area contributed by atoms with Gasteiger partial charge in [0.05, 0.1) is 5.92 Å². The van der Waals surface area contributed by atoms with E-state index in [0.717, 1.165) is 6.42 Å². The summed E-state index contributed by atoms with van der Waals surface area (Å²) in [6.45, 7) is 2.05. The maximum Gasteiger partial charge on any atom is 0.235 e. The zero-order chi connectivity index (χ0) is 12.2. The second-order valence-corrected chi connectivity index (χ2v) is 5.26. The third kappa shape index (κ3) is 1.16. The van der Waals surface area contributed by atoms with Crippen molar-refractivity contribution in [2.75, 3.05) is 14.2 Å². The number of allylic oxidation sites excluding steroid dienone is 3. The predicted molar refractivity (Wildman–Crippen MR) is 63.2 cm³/mol. The highest BCUT2D eigenvalue weighted by Gasteiger charge is 2.62. The molecule has 0 spiro atoms. The molecular weight excluding hydrogens is 216 g/mol. The second-order valence-electron chi connectivity index (χ2n) is 5.26. The van der Waals surface area contributed by atoms with Crippen LogP contribution in [-0.4, -0.2) is 25.8 Å². The zero-order valence-electron chi connectivity index (χ0n) is 10.5. The molecule has 3 heteroatoms. The number of methoxy groups -OCH3 is 2. The lowest BCUT2D eigenvalue weighted by atomic mass is 9.57. The molecule has 17 heavy (non-hydrogen) atoms. The first-order valence-corrected chi connectivity index (χ1v) is 6.15. The van der Waals surface area contributed by atoms with Crippen molar-refractivity contribution in [1.82, 2.24) is 0 Å². The van der Waals surface area contributed by atoms with Crippen molar-refractivity contribution < 1.29 is 14.3 Å². The minimum Gasteiger partial charge on any atom is -0.347 e. The van der Waals surface area contributed by atoms with Gasteiger partial charge < -0.3 is 9.47 Å². The minimum absolute atomic E-state index is 0.0509. The Hall–Kier alpha value is -0.930. The number of hydrogen-bond donors (Lipinski definition) is 0. The van der Waals surface area contributed by atoms with E-state index < -0.39 is 5.79 Å². The Morgan fingerprint density at radius 1 is 1.35 bits per heavy atom. The molecule has 0 radical (unpaired) electrons. The Morgan fingerprint density at radius 3 is 2.71 bits per heavy atom. The van der Waals surface area contributed by atoms with Crippen molar-refractivity contribution in [2.24, 2.45) is 23.7 Å². The summed E-state index contributed by atoms with van der Waals surface area (Å²) in [5.41, 5.74) is 1.18. The average Bonchev–Trinajstić information content (AvgIpc) is 2.79. The van der Waals surface area contributed by atoms with Crippen LogP contribution in [0.3, 0.4) is 0 Å². The van der Waals surface area contributed by atoms with Crippen LogP contribution in [0.2, 0.25) is 0 Å². The molecule has 92 valence electrons. The Morgan fingerprint density at radius 2 is 2.06 bits per heavy atom. The summed E-state index contributed by atoms with van der Waals surface area (Å²) in [6.07, 6.45) is 7.60. The molecular formula is C14H18O3. The van der Waals surface area contributed by atoms with Crippen molar-refractivity contribution >= 4 is 5.78 Å². The van der Waals surface area contributed by atoms with Gasteiger partial charge in [0.15, 0.2) is 5.78 Å². The number of ether oxygens (including phenoxy) is 2. The lowest BCUT2D eigenvalue weighted by Crippen LogP contribution is -2.62. The van der Waals surface area contributed by atoms with Gasteiger partial charge in [0.2, 0.25) is 5.79 Å². The van der Waals surface area contributed by atoms with E-state index in [1.807, 2.05) is 6.92 Å². The molecule has 4 aliphatic carbocycles. The second kappa shape index (κ2) is 3.53. The summed E-state index contributed by atoms with van der Waals surface area (Å²) in [7, 11) is 3.14. The molecule has 0 aromatic heterocycles. The zero-order valence-corrected chi connectivity index (χ0v) is 10.5. The lowest BCUT2D eigenvalue weighted by Gasteiger charge is -2.52. The Bertz CT molecular complexity index is 417. The highest BCUT2D eigenvalue weighted by Crippen LogP contribution is 2.55. The number of ketones is 1. The van der Waals surface area contributed by atoms with E-state index in [4.69, 9.17) is 9.47 Å². The van der Waals surface area contributed by atoms with Gasteiger partial charge in [-0.05, 0) is 25.2 Å². The molecule has 1 fully saturated rings. The van der Waals surface area contributed by atoms with Gasteiger partial charge in [0.1, 0.15) is 0 Å². The molecule has 1 saturated carbocycles. The van der Waals surface area contributed by atoms with Gasteiger partial charge in [-0.3, -0.25) is 4.79 Å². The Labute approximate surface area is 101 Å². The molecule has 0 amide bonds. The van der Waals surface area contributed by atoms with Gasteiger partial charge in [-0.15, -0.1) is 0 Å². The molecule has 0 aromatic rings. The van der Waals surface area contributed by atoms with Crippen molar-refractivity contribution in [1.29, 1.82) is 0 Å². The van der Waals surface area contributed by atoms with E-state index in [0.29, 0.717) is 11.8 Å². The highest BCUT2D eigenvalue weighted by molar-refractivity contribution is 5.94. The summed E-state index contributed by atoms with van der Waals surface area (Å²) in [5, 5.41) is 0. The summed E-state index contributed by atoms with van der Waals surface area (Å²) < 4.78 is 11.0. The third-order valence-corrected chi connectivity index (χ3v) is 4.71. The quantitative estimate of drug-likeness (QED) is 0.541. The first-order valence-electron chi connectivity index (χ1n) is 6.15. The van der Waals surface area contributed by atoms with E-state index in [1.165, 1.54) is 5.57 Å². The van der Waals surface area contributed by atoms with E-state index in [2.05, 4.69) is 18.2 Å². The number of fused-ring (bicyclic) bond motifs is 1. The maximum absolute atomic E-state index is 12.6. The van der Waals surface area contributed by atoms with Crippen molar-refractivity contribution in [3.05, 3.63) is 23.8 Å². The molecule has 0 N–H and O–H groups in total. The van der Waals surface area contributed by atoms with Crippen LogP contribution in [-0.2, 0) is 14.3 Å². The number of hydrogen-bond acceptors (Lipinski definition) is 3. The molecule has 4 aliphatic rings. The molecule has 0 aliphatic heterocycles. The average molecular weight is 234 g/mol. The van der Waals surface area contributed by atoms with Gasteiger partial charge >= 0.3 is 0 Å². The van der Waals surface area contributed by atoms with Gasteiger partial charge in [0, 0.05) is 20.1 Å². The number of carbonyl (C=O) groups is 1. The number of rotatable bonds is 2. The van der Waals surface area contributed by atoms with Crippen LogP contribution in [0.25, 0.3) is 0 Å². The van der Waals surface area contributed by atoms with Crippen LogP contribution >= 0.6 is 0 Å². The molecule has 0 saturated heterocycles. The van der Waals surface area contributed by atoms with E-state index in [-0.39, 0.29) is 17.6 Å². The number of Topliss-reactive ketones (excluding diaryl/α,β-unsaturated/α-hetero) is 1. The standard InChI is InChI=1S/C14H18O3/c1-8-7-11-9-5-4-6-10(9)12(8)13(15)14(11,16-2)17-3/h4,6-7,9-12H,5H2,1-3H3/t9?,10?,11-,12+/m1/s1. The molecule has 2 bridgehead atoms. The first-order chi connectivity index (χ1) is 8.15. The van der Waals surface area contributed by atoms with Gasteiger partial charge in [-0.25, -0.2) is 0 Å². The van der Waals surface area contributed by atoms with E-state index in [1.54, 1.807) is 14.2 Å². The van der Waals surface area contributed by atoms with Crippen LogP contribution in [0, 0.1) is 23.7 Å². The maximum atomic E-state index is 12.6. The van der Waals surface area contributed by atoms with E-state index in [9.17, 15) is 4.79 Å². The Balaban J connectivity index is 2.13. The van der Waals surface area contributed by atoms with Crippen LogP contribution in [0.1, 0.15) is 13.3 Å². The fourth-order valence-corrected chi connectivity index (χ4v) is 3.96. The van der Waals surface area contributed by atoms with Gasteiger partial charge in [-0.1, -0.05) is 23.8 Å². The van der Waals surface area contributed by atoms with Crippen LogP contribution < -0.4 is 0 Å². The smallest absolute Gasteiger partial charge is 0.235 e. The first kappa shape index (κ1) is 11.2. The van der Waals surface area contributed by atoms with E-state index >= 15 is 0 Å². The highest BCUT2D eigenvalue weighted by atomic mass is 16.7. The Kier molecular flexibility index (Phi) is 2.32. The molecule has 2 unspecified atom stereocenters. The molecule has 4 atom stereocenters. The molecule has 4 rings (SSSR count). The minimum atomic E-state index is -1.04. The predicted octanol–water partition coefficient (Wildman–Crippen LogP) is 1.94. The fourth-order valence-electron chi connectivity index (χ4n) is 3.96. The largest absolute Gasteiger partial charge is 0.347 e. The topological polar surface area (TPSA) is 35.5 Å². The summed E-state index contributed by atoms with van der Waals surface area (Å²) in [5.74, 6) is -0.131. The summed E-state index contributed by atoms with van der Waals surface area (Å²) in [6, 6.07) is 0. The number of carbonyl (C=O) groups excluding carboxylic acids is 1. The lowest BCUT2D eigenvalue weighted by molar-refractivity contribution is -0.247. The summed E-state index contributed by atoms with van der Waals surface area (Å²) in [4.78, 5) is 12.6. The summed E-state index contributed by atoms with van der Waals surface area (Å²) >= 11 is 0. The SMILES string of the molecule is COC1(OC)C(=O)[C@H]2C(C)=C[C@@H]1C1CC=CC12. The molecule has 3 nitrogen and oxygen atoms in total. The van der Waals surface area contributed by atoms with Gasteiger partial charge in [0.25, 0.3) is 0 Å².